The second kappa shape index (κ2) is 6.62. The minimum atomic E-state index is -4.98. The van der Waals surface area contributed by atoms with E-state index in [0.717, 1.165) is 12.1 Å². The third-order valence-electron chi connectivity index (χ3n) is 3.50. The lowest BCUT2D eigenvalue weighted by atomic mass is 10.0. The minimum absolute atomic E-state index is 0.0685. The van der Waals surface area contributed by atoms with Crippen LogP contribution in [0.15, 0.2) is 24.3 Å². The number of carbonyl (C=O) groups excluding carboxylic acids is 1. The van der Waals surface area contributed by atoms with Gasteiger partial charge in [0.1, 0.15) is 5.75 Å². The van der Waals surface area contributed by atoms with E-state index in [4.69, 9.17) is 5.11 Å². The molecule has 1 aliphatic rings. The van der Waals surface area contributed by atoms with E-state index < -0.39 is 53.9 Å². The molecule has 10 heteroatoms. The minimum Gasteiger partial charge on any atom is -0.481 e. The molecule has 0 aliphatic heterocycles. The molecule has 1 saturated carbocycles. The number of hydrogen-bond donors (Lipinski definition) is 2. The van der Waals surface area contributed by atoms with E-state index in [0.29, 0.717) is 0 Å². The molecule has 1 fully saturated rings. The zero-order valence-corrected chi connectivity index (χ0v) is 11.9. The molecule has 1 aromatic rings. The van der Waals surface area contributed by atoms with Crippen molar-refractivity contribution in [3.8, 4) is 5.75 Å². The number of nitrogens with one attached hydrogen (secondary N) is 1. The first-order valence-corrected chi connectivity index (χ1v) is 6.75. The Morgan fingerprint density at radius 1 is 1.21 bits per heavy atom. The van der Waals surface area contributed by atoms with Crippen LogP contribution in [0.2, 0.25) is 0 Å². The van der Waals surface area contributed by atoms with E-state index >= 15 is 0 Å². The summed E-state index contributed by atoms with van der Waals surface area (Å²) < 4.78 is 68.5. The van der Waals surface area contributed by atoms with Crippen molar-refractivity contribution in [3.05, 3.63) is 29.8 Å². The highest BCUT2D eigenvalue weighted by Gasteiger charge is 2.51. The van der Waals surface area contributed by atoms with Gasteiger partial charge in [-0.3, -0.25) is 9.59 Å². The van der Waals surface area contributed by atoms with Crippen molar-refractivity contribution < 1.29 is 41.4 Å². The van der Waals surface area contributed by atoms with Crippen molar-refractivity contribution in [1.82, 2.24) is 5.32 Å². The molecule has 1 aliphatic carbocycles. The summed E-state index contributed by atoms with van der Waals surface area (Å²) in [5.74, 6) is -5.21. The molecule has 3 atom stereocenters. The van der Waals surface area contributed by atoms with Gasteiger partial charge in [0.15, 0.2) is 6.04 Å². The molecule has 0 spiro atoms. The second-order valence-electron chi connectivity index (χ2n) is 5.19. The Morgan fingerprint density at radius 3 is 2.33 bits per heavy atom. The Bertz CT molecular complexity index is 634. The molecule has 24 heavy (non-hydrogen) atoms. The van der Waals surface area contributed by atoms with Gasteiger partial charge < -0.3 is 15.2 Å². The van der Waals surface area contributed by atoms with Crippen LogP contribution in [0.25, 0.3) is 0 Å². The molecule has 3 unspecified atom stereocenters. The molecule has 1 amide bonds. The highest BCUT2D eigenvalue weighted by molar-refractivity contribution is 5.89. The van der Waals surface area contributed by atoms with Gasteiger partial charge in [-0.25, -0.2) is 0 Å². The third kappa shape index (κ3) is 4.12. The second-order valence-corrected chi connectivity index (χ2v) is 5.19. The summed E-state index contributed by atoms with van der Waals surface area (Å²) in [6.45, 7) is -3.34. The lowest BCUT2D eigenvalue weighted by molar-refractivity contribution is -0.164. The number of hydrogen-bond acceptors (Lipinski definition) is 3. The van der Waals surface area contributed by atoms with Crippen LogP contribution in [0.3, 0.4) is 0 Å². The predicted molar refractivity (Wildman–Crippen MR) is 69.2 cm³/mol. The zero-order chi connectivity index (χ0) is 18.1. The quantitative estimate of drug-likeness (QED) is 0.771. The van der Waals surface area contributed by atoms with Crippen LogP contribution in [0, 0.1) is 11.8 Å². The average Bonchev–Trinajstić information content (AvgIpc) is 3.24. The van der Waals surface area contributed by atoms with Crippen LogP contribution in [-0.4, -0.2) is 29.8 Å². The summed E-state index contributed by atoms with van der Waals surface area (Å²) in [6, 6.07) is 1.62. The molecule has 132 valence electrons. The van der Waals surface area contributed by atoms with Crippen molar-refractivity contribution in [2.24, 2.45) is 11.8 Å². The van der Waals surface area contributed by atoms with Crippen molar-refractivity contribution in [2.45, 2.75) is 25.3 Å². The maximum atomic E-state index is 13.2. The van der Waals surface area contributed by atoms with Crippen LogP contribution >= 0.6 is 0 Å². The number of aliphatic carboxylic acids is 1. The van der Waals surface area contributed by atoms with Gasteiger partial charge in [0.25, 0.3) is 0 Å². The first-order valence-electron chi connectivity index (χ1n) is 6.75. The predicted octanol–water partition coefficient (Wildman–Crippen LogP) is 2.73. The van der Waals surface area contributed by atoms with E-state index in [2.05, 4.69) is 4.74 Å². The number of halogens is 5. The van der Waals surface area contributed by atoms with Crippen molar-refractivity contribution in [3.63, 3.8) is 0 Å². The average molecular weight is 353 g/mol. The number of rotatable bonds is 6. The lowest BCUT2D eigenvalue weighted by Crippen LogP contribution is -2.39. The molecule has 2 rings (SSSR count). The fourth-order valence-electron chi connectivity index (χ4n) is 2.27. The highest BCUT2D eigenvalue weighted by Crippen LogP contribution is 2.42. The van der Waals surface area contributed by atoms with Crippen LogP contribution < -0.4 is 10.1 Å². The Labute approximate surface area is 132 Å². The fraction of sp³-hybridized carbons (Fsp3) is 0.429. The van der Waals surface area contributed by atoms with E-state index in [1.54, 1.807) is 5.32 Å². The zero-order valence-electron chi connectivity index (χ0n) is 11.9. The van der Waals surface area contributed by atoms with E-state index in [1.807, 2.05) is 0 Å². The number of ether oxygens (including phenoxy) is 1. The van der Waals surface area contributed by atoms with E-state index in [1.165, 1.54) is 12.1 Å². The number of carbonyl (C=O) groups is 2. The summed E-state index contributed by atoms with van der Waals surface area (Å²) in [7, 11) is 0. The van der Waals surface area contributed by atoms with Crippen molar-refractivity contribution in [2.75, 3.05) is 0 Å². The van der Waals surface area contributed by atoms with Gasteiger partial charge in [0, 0.05) is 5.56 Å². The van der Waals surface area contributed by atoms with Crippen molar-refractivity contribution in [1.29, 1.82) is 0 Å². The highest BCUT2D eigenvalue weighted by atomic mass is 19.4. The van der Waals surface area contributed by atoms with Crippen molar-refractivity contribution >= 4 is 11.9 Å². The number of carboxylic acids is 1. The van der Waals surface area contributed by atoms with Gasteiger partial charge in [-0.15, -0.1) is 0 Å². The number of amides is 1. The van der Waals surface area contributed by atoms with Gasteiger partial charge in [-0.1, -0.05) is 18.2 Å². The van der Waals surface area contributed by atoms with E-state index in [-0.39, 0.29) is 6.42 Å². The van der Waals surface area contributed by atoms with Crippen LogP contribution in [-0.2, 0) is 9.59 Å². The number of carboxylic acid groups (broad SMARTS) is 1. The topological polar surface area (TPSA) is 75.6 Å². The van der Waals surface area contributed by atoms with Gasteiger partial charge in [0.05, 0.1) is 11.8 Å². The van der Waals surface area contributed by atoms with Gasteiger partial charge >= 0.3 is 18.8 Å². The van der Waals surface area contributed by atoms with E-state index in [9.17, 15) is 31.5 Å². The Kier molecular flexibility index (Phi) is 4.95. The number of benzene rings is 1. The molecule has 0 saturated heterocycles. The lowest BCUT2D eigenvalue weighted by Gasteiger charge is -2.24. The van der Waals surface area contributed by atoms with Crippen LogP contribution in [0.4, 0.5) is 22.0 Å². The molecular formula is C14H12F5NO4. The smallest absolute Gasteiger partial charge is 0.413 e. The normalized spacial score (nSPS) is 21.2. The number of alkyl halides is 5. The SMILES string of the molecule is O=C(O)C1CC1C(=O)NC(c1ccccc1OC(F)F)C(F)(F)F. The Hall–Kier alpha value is -2.39. The summed E-state index contributed by atoms with van der Waals surface area (Å²) in [5.41, 5.74) is -0.689. The number of para-hydroxylation sites is 1. The molecule has 0 bridgehead atoms. The maximum absolute atomic E-state index is 13.2. The molecule has 2 N–H and O–H groups in total. The third-order valence-corrected chi connectivity index (χ3v) is 3.50. The summed E-state index contributed by atoms with van der Waals surface area (Å²) in [4.78, 5) is 22.5. The molecular weight excluding hydrogens is 341 g/mol. The first-order chi connectivity index (χ1) is 11.1. The van der Waals surface area contributed by atoms with Crippen LogP contribution in [0.1, 0.15) is 18.0 Å². The standard InChI is InChI=1S/C14H12F5NO4/c15-13(16)24-9-4-2-1-3-6(9)10(14(17,18)19)20-11(21)7-5-8(7)12(22)23/h1-4,7-8,10,13H,5H2,(H,20,21)(H,22,23). The van der Waals surface area contributed by atoms with Gasteiger partial charge in [0.2, 0.25) is 5.91 Å². The summed E-state index contributed by atoms with van der Waals surface area (Å²) >= 11 is 0. The largest absolute Gasteiger partial charge is 0.481 e. The summed E-state index contributed by atoms with van der Waals surface area (Å²) in [5, 5.41) is 10.4. The molecule has 5 nitrogen and oxygen atoms in total. The fourth-order valence-corrected chi connectivity index (χ4v) is 2.27. The molecule has 0 radical (unpaired) electrons. The molecule has 0 heterocycles. The maximum Gasteiger partial charge on any atom is 0.413 e. The monoisotopic (exact) mass is 353 g/mol. The van der Waals surface area contributed by atoms with Gasteiger partial charge in [-0.05, 0) is 12.5 Å². The summed E-state index contributed by atoms with van der Waals surface area (Å²) in [6.07, 6.45) is -5.05. The Morgan fingerprint density at radius 2 is 1.83 bits per heavy atom. The van der Waals surface area contributed by atoms with Crippen LogP contribution in [0.5, 0.6) is 5.75 Å². The molecule has 1 aromatic carbocycles. The first kappa shape index (κ1) is 18.0. The Balaban J connectivity index is 2.24. The van der Waals surface area contributed by atoms with Gasteiger partial charge in [-0.2, -0.15) is 22.0 Å². The molecule has 0 aromatic heterocycles.